The Kier molecular flexibility index (Phi) is 3.68. The van der Waals surface area contributed by atoms with E-state index in [1.165, 1.54) is 0 Å². The summed E-state index contributed by atoms with van der Waals surface area (Å²) in [6.45, 7) is 5.89. The number of carbonyl (C=O) groups is 1. The first-order valence-electron chi connectivity index (χ1n) is 7.70. The van der Waals surface area contributed by atoms with E-state index in [2.05, 4.69) is 5.32 Å². The molecular formula is C19H21N3O. The second kappa shape index (κ2) is 5.54. The van der Waals surface area contributed by atoms with Crippen LogP contribution in [0.15, 0.2) is 48.5 Å². The molecule has 0 aliphatic heterocycles. The molecule has 1 amide bonds. The first-order valence-corrected chi connectivity index (χ1v) is 7.70. The number of hydrogen-bond donors (Lipinski definition) is 1. The van der Waals surface area contributed by atoms with Gasteiger partial charge in [0.1, 0.15) is 5.82 Å². The second-order valence-electron chi connectivity index (χ2n) is 6.38. The number of carbonyl (C=O) groups excluding carboxylic acids is 1. The smallest absolute Gasteiger partial charge is 0.252 e. The highest BCUT2D eigenvalue weighted by molar-refractivity contribution is 5.96. The van der Waals surface area contributed by atoms with Gasteiger partial charge in [0.2, 0.25) is 0 Å². The van der Waals surface area contributed by atoms with Gasteiger partial charge in [-0.15, -0.1) is 0 Å². The molecular weight excluding hydrogens is 286 g/mol. The number of benzene rings is 2. The first kappa shape index (κ1) is 15.3. The molecule has 3 aromatic rings. The third-order valence-electron chi connectivity index (χ3n) is 4.16. The molecule has 0 saturated heterocycles. The zero-order chi connectivity index (χ0) is 16.6. The summed E-state index contributed by atoms with van der Waals surface area (Å²) in [5.41, 5.74) is 3.07. The summed E-state index contributed by atoms with van der Waals surface area (Å²) in [5.74, 6) is 0.751. The summed E-state index contributed by atoms with van der Waals surface area (Å²) in [7, 11) is 1.98. The van der Waals surface area contributed by atoms with E-state index in [1.807, 2.05) is 80.9 Å². The Bertz CT molecular complexity index is 877. The van der Waals surface area contributed by atoms with Crippen molar-refractivity contribution >= 4 is 16.9 Å². The Morgan fingerprint density at radius 1 is 1.09 bits per heavy atom. The average molecular weight is 307 g/mol. The summed E-state index contributed by atoms with van der Waals surface area (Å²) >= 11 is 0. The number of aromatic nitrogens is 2. The van der Waals surface area contributed by atoms with Crippen molar-refractivity contribution < 1.29 is 4.79 Å². The average Bonchev–Trinajstić information content (AvgIpc) is 2.86. The number of nitrogens with zero attached hydrogens (tertiary/aromatic N) is 2. The summed E-state index contributed by atoms with van der Waals surface area (Å²) in [6, 6.07) is 15.6. The lowest BCUT2D eigenvalue weighted by Gasteiger charge is -2.26. The number of amides is 1. The molecule has 3 rings (SSSR count). The summed E-state index contributed by atoms with van der Waals surface area (Å²) in [6.07, 6.45) is 0. The largest absolute Gasteiger partial charge is 0.340 e. The molecule has 2 aromatic carbocycles. The van der Waals surface area contributed by atoms with E-state index in [0.29, 0.717) is 5.56 Å². The zero-order valence-electron chi connectivity index (χ0n) is 13.9. The number of para-hydroxylation sites is 2. The minimum absolute atomic E-state index is 0.0832. The van der Waals surface area contributed by atoms with E-state index in [9.17, 15) is 4.79 Å². The molecule has 1 aromatic heterocycles. The SMILES string of the molecule is Cc1ccccc1C(=O)NC(C)(C)c1nc2ccccc2n1C. The maximum absolute atomic E-state index is 12.6. The van der Waals surface area contributed by atoms with Crippen LogP contribution >= 0.6 is 0 Å². The van der Waals surface area contributed by atoms with Gasteiger partial charge in [-0.05, 0) is 44.5 Å². The molecule has 0 radical (unpaired) electrons. The molecule has 0 atom stereocenters. The van der Waals surface area contributed by atoms with E-state index < -0.39 is 5.54 Å². The van der Waals surface area contributed by atoms with Crippen LogP contribution in [0.2, 0.25) is 0 Å². The predicted molar refractivity (Wildman–Crippen MR) is 92.4 cm³/mol. The van der Waals surface area contributed by atoms with Gasteiger partial charge in [-0.3, -0.25) is 4.79 Å². The Balaban J connectivity index is 1.96. The minimum atomic E-state index is -0.576. The summed E-state index contributed by atoms with van der Waals surface area (Å²) in [4.78, 5) is 17.3. The van der Waals surface area contributed by atoms with Crippen LogP contribution in [0.25, 0.3) is 11.0 Å². The lowest BCUT2D eigenvalue weighted by atomic mass is 10.0. The predicted octanol–water partition coefficient (Wildman–Crippen LogP) is 3.55. The van der Waals surface area contributed by atoms with Gasteiger partial charge >= 0.3 is 0 Å². The van der Waals surface area contributed by atoms with Gasteiger partial charge in [0.25, 0.3) is 5.91 Å². The normalized spacial score (nSPS) is 11.7. The van der Waals surface area contributed by atoms with E-state index in [0.717, 1.165) is 22.4 Å². The summed E-state index contributed by atoms with van der Waals surface area (Å²) in [5, 5.41) is 3.11. The van der Waals surface area contributed by atoms with Crippen LogP contribution in [0.1, 0.15) is 35.6 Å². The molecule has 1 heterocycles. The van der Waals surface area contributed by atoms with Gasteiger partial charge in [-0.2, -0.15) is 0 Å². The highest BCUT2D eigenvalue weighted by Crippen LogP contribution is 2.24. The fourth-order valence-corrected chi connectivity index (χ4v) is 2.94. The molecule has 4 nitrogen and oxygen atoms in total. The Labute approximate surface area is 136 Å². The van der Waals surface area contributed by atoms with Crippen molar-refractivity contribution in [2.45, 2.75) is 26.3 Å². The highest BCUT2D eigenvalue weighted by Gasteiger charge is 2.29. The van der Waals surface area contributed by atoms with Crippen LogP contribution in [0, 0.1) is 6.92 Å². The minimum Gasteiger partial charge on any atom is -0.340 e. The topological polar surface area (TPSA) is 46.9 Å². The number of rotatable bonds is 3. The van der Waals surface area contributed by atoms with Gasteiger partial charge in [0.05, 0.1) is 16.6 Å². The molecule has 4 heteroatoms. The van der Waals surface area contributed by atoms with Crippen molar-refractivity contribution in [3.63, 3.8) is 0 Å². The van der Waals surface area contributed by atoms with Crippen molar-refractivity contribution in [2.24, 2.45) is 7.05 Å². The van der Waals surface area contributed by atoms with E-state index in [4.69, 9.17) is 4.98 Å². The highest BCUT2D eigenvalue weighted by atomic mass is 16.1. The molecule has 0 aliphatic carbocycles. The molecule has 0 aliphatic rings. The Morgan fingerprint density at radius 3 is 2.43 bits per heavy atom. The lowest BCUT2D eigenvalue weighted by Crippen LogP contribution is -2.43. The van der Waals surface area contributed by atoms with Crippen LogP contribution in [0.3, 0.4) is 0 Å². The van der Waals surface area contributed by atoms with E-state index >= 15 is 0 Å². The summed E-state index contributed by atoms with van der Waals surface area (Å²) < 4.78 is 2.04. The third-order valence-corrected chi connectivity index (χ3v) is 4.16. The quantitative estimate of drug-likeness (QED) is 0.804. The fourth-order valence-electron chi connectivity index (χ4n) is 2.94. The molecule has 118 valence electrons. The van der Waals surface area contributed by atoms with Crippen LogP contribution in [-0.2, 0) is 12.6 Å². The van der Waals surface area contributed by atoms with Gasteiger partial charge < -0.3 is 9.88 Å². The number of imidazole rings is 1. The van der Waals surface area contributed by atoms with Gasteiger partial charge in [-0.1, -0.05) is 30.3 Å². The maximum atomic E-state index is 12.6. The Hall–Kier alpha value is -2.62. The molecule has 0 saturated carbocycles. The molecule has 0 bridgehead atoms. The number of nitrogens with one attached hydrogen (secondary N) is 1. The van der Waals surface area contributed by atoms with Crippen LogP contribution in [0.5, 0.6) is 0 Å². The number of hydrogen-bond acceptors (Lipinski definition) is 2. The van der Waals surface area contributed by atoms with Crippen molar-refractivity contribution in [1.82, 2.24) is 14.9 Å². The van der Waals surface area contributed by atoms with Crippen molar-refractivity contribution in [3.05, 3.63) is 65.5 Å². The molecule has 0 fully saturated rings. The third kappa shape index (κ3) is 2.72. The van der Waals surface area contributed by atoms with Crippen molar-refractivity contribution in [3.8, 4) is 0 Å². The van der Waals surface area contributed by atoms with E-state index in [-0.39, 0.29) is 5.91 Å². The fraction of sp³-hybridized carbons (Fsp3) is 0.263. The molecule has 1 N–H and O–H groups in total. The molecule has 0 spiro atoms. The Morgan fingerprint density at radius 2 is 1.74 bits per heavy atom. The van der Waals surface area contributed by atoms with Gasteiger partial charge in [0.15, 0.2) is 0 Å². The van der Waals surface area contributed by atoms with Crippen molar-refractivity contribution in [2.75, 3.05) is 0 Å². The van der Waals surface area contributed by atoms with Crippen molar-refractivity contribution in [1.29, 1.82) is 0 Å². The molecule has 23 heavy (non-hydrogen) atoms. The van der Waals surface area contributed by atoms with Gasteiger partial charge in [-0.25, -0.2) is 4.98 Å². The standard InChI is InChI=1S/C19H21N3O/c1-13-9-5-6-10-14(13)17(23)21-19(2,3)18-20-15-11-7-8-12-16(15)22(18)4/h5-12H,1-4H3,(H,21,23). The second-order valence-corrected chi connectivity index (χ2v) is 6.38. The monoisotopic (exact) mass is 307 g/mol. The maximum Gasteiger partial charge on any atom is 0.252 e. The van der Waals surface area contributed by atoms with E-state index in [1.54, 1.807) is 0 Å². The van der Waals surface area contributed by atoms with Crippen LogP contribution in [0.4, 0.5) is 0 Å². The van der Waals surface area contributed by atoms with Crippen LogP contribution < -0.4 is 5.32 Å². The first-order chi connectivity index (χ1) is 10.9. The zero-order valence-corrected chi connectivity index (χ0v) is 13.9. The van der Waals surface area contributed by atoms with Crippen LogP contribution in [-0.4, -0.2) is 15.5 Å². The van der Waals surface area contributed by atoms with Gasteiger partial charge in [0, 0.05) is 12.6 Å². The number of aryl methyl sites for hydroxylation is 2. The molecule has 0 unspecified atom stereocenters. The number of fused-ring (bicyclic) bond motifs is 1. The lowest BCUT2D eigenvalue weighted by molar-refractivity contribution is 0.0907.